The summed E-state index contributed by atoms with van der Waals surface area (Å²) >= 11 is 0. The fourth-order valence-electron chi connectivity index (χ4n) is 2.63. The van der Waals surface area contributed by atoms with E-state index in [0.29, 0.717) is 37.1 Å². The molecule has 0 bridgehead atoms. The summed E-state index contributed by atoms with van der Waals surface area (Å²) in [6.45, 7) is 3.33. The predicted octanol–water partition coefficient (Wildman–Crippen LogP) is -0.518. The molecular weight excluding hydrogens is 298 g/mol. The summed E-state index contributed by atoms with van der Waals surface area (Å²) in [7, 11) is 0. The average molecular weight is 315 g/mol. The minimum atomic E-state index is -0.327. The Balaban J connectivity index is 1.73. The van der Waals surface area contributed by atoms with Crippen LogP contribution in [0.5, 0.6) is 0 Å². The normalized spacial score (nSPS) is 15.0. The fraction of sp³-hybridized carbons (Fsp3) is 0.400. The summed E-state index contributed by atoms with van der Waals surface area (Å²) in [6, 6.07) is 6.90. The highest BCUT2D eigenvalue weighted by Gasteiger charge is 2.23. The third-order valence-electron chi connectivity index (χ3n) is 3.99. The van der Waals surface area contributed by atoms with Gasteiger partial charge in [-0.25, -0.2) is 4.68 Å². The van der Waals surface area contributed by atoms with Crippen molar-refractivity contribution in [1.82, 2.24) is 24.8 Å². The molecule has 0 atom stereocenters. The lowest BCUT2D eigenvalue weighted by atomic mass is 10.2. The number of hydrogen-bond donors (Lipinski definition) is 0. The highest BCUT2D eigenvalue weighted by molar-refractivity contribution is 5.79. The van der Waals surface area contributed by atoms with Gasteiger partial charge in [0, 0.05) is 33.1 Å². The van der Waals surface area contributed by atoms with Gasteiger partial charge in [-0.15, -0.1) is 5.10 Å². The molecule has 1 saturated heterocycles. The van der Waals surface area contributed by atoms with Crippen molar-refractivity contribution in [3.8, 4) is 0 Å². The average Bonchev–Trinajstić information content (AvgIpc) is 2.57. The van der Waals surface area contributed by atoms with E-state index in [-0.39, 0.29) is 23.9 Å². The topological polar surface area (TPSA) is 88.4 Å². The van der Waals surface area contributed by atoms with Crippen molar-refractivity contribution in [2.24, 2.45) is 0 Å². The van der Waals surface area contributed by atoms with Gasteiger partial charge in [0.15, 0.2) is 0 Å². The first kappa shape index (κ1) is 15.1. The van der Waals surface area contributed by atoms with Crippen LogP contribution in [0.4, 0.5) is 0 Å². The Morgan fingerprint density at radius 3 is 2.43 bits per heavy atom. The van der Waals surface area contributed by atoms with Gasteiger partial charge in [0.1, 0.15) is 12.1 Å². The Morgan fingerprint density at radius 2 is 1.74 bits per heavy atom. The third kappa shape index (κ3) is 3.05. The molecule has 23 heavy (non-hydrogen) atoms. The maximum atomic E-state index is 12.3. The number of benzene rings is 1. The Kier molecular flexibility index (Phi) is 4.05. The number of carbonyl (C=O) groups is 2. The molecule has 120 valence electrons. The predicted molar refractivity (Wildman–Crippen MR) is 82.6 cm³/mol. The van der Waals surface area contributed by atoms with Gasteiger partial charge < -0.3 is 9.80 Å². The van der Waals surface area contributed by atoms with E-state index in [9.17, 15) is 14.4 Å². The highest BCUT2D eigenvalue weighted by Crippen LogP contribution is 2.05. The molecule has 3 rings (SSSR count). The zero-order chi connectivity index (χ0) is 16.4. The summed E-state index contributed by atoms with van der Waals surface area (Å²) in [5, 5.41) is 8.23. The molecule has 2 heterocycles. The third-order valence-corrected chi connectivity index (χ3v) is 3.99. The van der Waals surface area contributed by atoms with Crippen LogP contribution < -0.4 is 5.56 Å². The van der Waals surface area contributed by atoms with Crippen LogP contribution in [0.25, 0.3) is 10.9 Å². The minimum absolute atomic E-state index is 0.00807. The van der Waals surface area contributed by atoms with E-state index in [0.717, 1.165) is 4.68 Å². The quantitative estimate of drug-likeness (QED) is 0.744. The van der Waals surface area contributed by atoms with Crippen molar-refractivity contribution >= 4 is 22.7 Å². The molecule has 0 aliphatic carbocycles. The van der Waals surface area contributed by atoms with E-state index < -0.39 is 0 Å². The Bertz CT molecular complexity index is 808. The van der Waals surface area contributed by atoms with Crippen LogP contribution >= 0.6 is 0 Å². The van der Waals surface area contributed by atoms with Crippen LogP contribution in [-0.4, -0.2) is 62.8 Å². The number of nitrogens with zero attached hydrogens (tertiary/aromatic N) is 5. The molecule has 1 aromatic heterocycles. The lowest BCUT2D eigenvalue weighted by Crippen LogP contribution is -2.51. The molecule has 8 nitrogen and oxygen atoms in total. The summed E-state index contributed by atoms with van der Waals surface area (Å²) in [5.41, 5.74) is 0.183. The van der Waals surface area contributed by atoms with Crippen LogP contribution in [0.1, 0.15) is 6.92 Å². The lowest BCUT2D eigenvalue weighted by molar-refractivity contribution is -0.139. The summed E-state index contributed by atoms with van der Waals surface area (Å²) in [4.78, 5) is 39.3. The van der Waals surface area contributed by atoms with E-state index in [1.165, 1.54) is 6.92 Å². The number of rotatable bonds is 2. The second-order valence-electron chi connectivity index (χ2n) is 5.46. The second-order valence-corrected chi connectivity index (χ2v) is 5.46. The molecule has 1 aliphatic rings. The SMILES string of the molecule is CC(=O)N1CCN(C(=O)Cn2nnc3ccccc3c2=O)CC1. The molecule has 8 heteroatoms. The van der Waals surface area contributed by atoms with E-state index >= 15 is 0 Å². The van der Waals surface area contributed by atoms with Crippen LogP contribution in [0.2, 0.25) is 0 Å². The van der Waals surface area contributed by atoms with Crippen LogP contribution in [0.15, 0.2) is 29.1 Å². The Morgan fingerprint density at radius 1 is 1.09 bits per heavy atom. The van der Waals surface area contributed by atoms with Crippen LogP contribution in [0.3, 0.4) is 0 Å². The number of amides is 2. The number of piperazine rings is 1. The van der Waals surface area contributed by atoms with E-state index in [4.69, 9.17) is 0 Å². The van der Waals surface area contributed by atoms with Gasteiger partial charge in [-0.2, -0.15) is 0 Å². The van der Waals surface area contributed by atoms with Crippen molar-refractivity contribution in [3.63, 3.8) is 0 Å². The summed E-state index contributed by atoms with van der Waals surface area (Å²) in [5.74, 6) is -0.186. The van der Waals surface area contributed by atoms with E-state index in [1.54, 1.807) is 34.1 Å². The van der Waals surface area contributed by atoms with Crippen molar-refractivity contribution in [3.05, 3.63) is 34.6 Å². The van der Waals surface area contributed by atoms with Gasteiger partial charge in [0.2, 0.25) is 11.8 Å². The smallest absolute Gasteiger partial charge is 0.278 e. The van der Waals surface area contributed by atoms with Gasteiger partial charge in [0.05, 0.1) is 5.39 Å². The first-order valence-electron chi connectivity index (χ1n) is 7.42. The molecular formula is C15H17N5O3. The minimum Gasteiger partial charge on any atom is -0.339 e. The van der Waals surface area contributed by atoms with Crippen molar-refractivity contribution in [1.29, 1.82) is 0 Å². The largest absolute Gasteiger partial charge is 0.339 e. The van der Waals surface area contributed by atoms with Crippen molar-refractivity contribution in [2.75, 3.05) is 26.2 Å². The second kappa shape index (κ2) is 6.15. The fourth-order valence-corrected chi connectivity index (χ4v) is 2.63. The van der Waals surface area contributed by atoms with Crippen molar-refractivity contribution < 1.29 is 9.59 Å². The molecule has 0 spiro atoms. The summed E-state index contributed by atoms with van der Waals surface area (Å²) < 4.78 is 1.09. The molecule has 1 aliphatic heterocycles. The maximum absolute atomic E-state index is 12.3. The van der Waals surface area contributed by atoms with Crippen LogP contribution in [0, 0.1) is 0 Å². The van der Waals surface area contributed by atoms with E-state index in [2.05, 4.69) is 10.3 Å². The highest BCUT2D eigenvalue weighted by atomic mass is 16.2. The molecule has 2 aromatic rings. The molecule has 0 N–H and O–H groups in total. The zero-order valence-electron chi connectivity index (χ0n) is 12.8. The zero-order valence-corrected chi connectivity index (χ0v) is 12.8. The molecule has 2 amide bonds. The molecule has 1 aromatic carbocycles. The Hall–Kier alpha value is -2.77. The van der Waals surface area contributed by atoms with Gasteiger partial charge in [-0.1, -0.05) is 17.3 Å². The summed E-state index contributed by atoms with van der Waals surface area (Å²) in [6.07, 6.45) is 0. The van der Waals surface area contributed by atoms with Crippen LogP contribution in [-0.2, 0) is 16.1 Å². The number of fused-ring (bicyclic) bond motifs is 1. The molecule has 1 fully saturated rings. The van der Waals surface area contributed by atoms with E-state index in [1.807, 2.05) is 0 Å². The monoisotopic (exact) mass is 315 g/mol. The van der Waals surface area contributed by atoms with Gasteiger partial charge >= 0.3 is 0 Å². The maximum Gasteiger partial charge on any atom is 0.278 e. The number of carbonyl (C=O) groups excluding carboxylic acids is 2. The number of hydrogen-bond acceptors (Lipinski definition) is 5. The Labute approximate surface area is 132 Å². The lowest BCUT2D eigenvalue weighted by Gasteiger charge is -2.34. The van der Waals surface area contributed by atoms with Gasteiger partial charge in [-0.3, -0.25) is 14.4 Å². The number of aromatic nitrogens is 3. The van der Waals surface area contributed by atoms with Gasteiger partial charge in [-0.05, 0) is 12.1 Å². The first-order chi connectivity index (χ1) is 11.1. The standard InChI is InChI=1S/C15H17N5O3/c1-11(21)18-6-8-19(9-7-18)14(22)10-20-15(23)12-4-2-3-5-13(12)16-17-20/h2-5H,6-10H2,1H3. The molecule has 0 saturated carbocycles. The van der Waals surface area contributed by atoms with Crippen molar-refractivity contribution in [2.45, 2.75) is 13.5 Å². The first-order valence-corrected chi connectivity index (χ1v) is 7.42. The molecule has 0 radical (unpaired) electrons. The van der Waals surface area contributed by atoms with Gasteiger partial charge in [0.25, 0.3) is 5.56 Å². The molecule has 0 unspecified atom stereocenters.